The smallest absolute Gasteiger partial charge is 0.225 e. The topological polar surface area (TPSA) is 73.1 Å². The van der Waals surface area contributed by atoms with Crippen molar-refractivity contribution in [3.8, 4) is 5.88 Å². The predicted molar refractivity (Wildman–Crippen MR) is 61.0 cm³/mol. The normalized spacial score (nSPS) is 10.4. The van der Waals surface area contributed by atoms with Crippen molar-refractivity contribution in [3.05, 3.63) is 6.07 Å². The van der Waals surface area contributed by atoms with Crippen LogP contribution in [0.3, 0.4) is 0 Å². The fourth-order valence-corrected chi connectivity index (χ4v) is 1.32. The zero-order valence-corrected chi connectivity index (χ0v) is 9.45. The summed E-state index contributed by atoms with van der Waals surface area (Å²) in [6, 6.07) is 2.15. The Morgan fingerprint density at radius 2 is 2.07 bits per heavy atom. The Balaban J connectivity index is 2.79. The fraction of sp³-hybridized carbons (Fsp3) is 0.600. The summed E-state index contributed by atoms with van der Waals surface area (Å²) in [6.45, 7) is 4.26. The highest BCUT2D eigenvalue weighted by atomic mass is 16.5. The first-order valence-corrected chi connectivity index (χ1v) is 5.14. The van der Waals surface area contributed by atoms with Crippen molar-refractivity contribution >= 4 is 11.8 Å². The number of nitrogens with two attached hydrogens (primary N) is 1. The molecule has 1 heterocycles. The number of aromatic nitrogens is 2. The van der Waals surface area contributed by atoms with Gasteiger partial charge in [0.05, 0.1) is 7.11 Å². The highest BCUT2D eigenvalue weighted by Crippen LogP contribution is 2.16. The minimum Gasteiger partial charge on any atom is -0.481 e. The molecule has 3 N–H and O–H groups in total. The van der Waals surface area contributed by atoms with Gasteiger partial charge in [-0.15, -0.1) is 0 Å². The predicted octanol–water partition coefficient (Wildman–Crippen LogP) is 1.67. The van der Waals surface area contributed by atoms with E-state index >= 15 is 0 Å². The third-order valence-corrected chi connectivity index (χ3v) is 2.27. The van der Waals surface area contributed by atoms with Gasteiger partial charge in [0.25, 0.3) is 0 Å². The zero-order valence-electron chi connectivity index (χ0n) is 9.45. The zero-order chi connectivity index (χ0) is 11.3. The van der Waals surface area contributed by atoms with E-state index in [2.05, 4.69) is 29.1 Å². The number of nitrogens with one attached hydrogen (secondary N) is 1. The van der Waals surface area contributed by atoms with Gasteiger partial charge in [0.1, 0.15) is 5.82 Å². The Kier molecular flexibility index (Phi) is 4.15. The standard InChI is InChI=1S/C10H18N4O/c1-4-7(5-2)12-8-6-9(15-3)14-10(11)13-8/h6-7H,4-5H2,1-3H3,(H3,11,12,13,14). The molecule has 0 fully saturated rings. The Morgan fingerprint density at radius 3 is 2.60 bits per heavy atom. The van der Waals surface area contributed by atoms with Crippen LogP contribution >= 0.6 is 0 Å². The molecule has 1 aromatic rings. The molecule has 1 rings (SSSR count). The maximum Gasteiger partial charge on any atom is 0.225 e. The molecule has 84 valence electrons. The fourth-order valence-electron chi connectivity index (χ4n) is 1.32. The summed E-state index contributed by atoms with van der Waals surface area (Å²) >= 11 is 0. The molecule has 0 aliphatic heterocycles. The SMILES string of the molecule is CCC(CC)Nc1cc(OC)nc(N)n1. The number of hydrogen-bond acceptors (Lipinski definition) is 5. The van der Waals surface area contributed by atoms with Crippen LogP contribution in [-0.2, 0) is 0 Å². The lowest BCUT2D eigenvalue weighted by Crippen LogP contribution is -2.18. The third kappa shape index (κ3) is 3.27. The van der Waals surface area contributed by atoms with E-state index in [4.69, 9.17) is 10.5 Å². The van der Waals surface area contributed by atoms with Gasteiger partial charge in [0.2, 0.25) is 11.8 Å². The van der Waals surface area contributed by atoms with E-state index in [1.807, 2.05) is 0 Å². The number of nitrogen functional groups attached to an aromatic ring is 1. The van der Waals surface area contributed by atoms with Crippen molar-refractivity contribution in [3.63, 3.8) is 0 Å². The van der Waals surface area contributed by atoms with Gasteiger partial charge in [-0.2, -0.15) is 9.97 Å². The molecule has 0 amide bonds. The number of hydrogen-bond donors (Lipinski definition) is 2. The first kappa shape index (κ1) is 11.6. The van der Waals surface area contributed by atoms with Gasteiger partial charge >= 0.3 is 0 Å². The van der Waals surface area contributed by atoms with Gasteiger partial charge in [-0.3, -0.25) is 0 Å². The molecule has 0 saturated heterocycles. The summed E-state index contributed by atoms with van der Waals surface area (Å²) in [4.78, 5) is 8.01. The summed E-state index contributed by atoms with van der Waals surface area (Å²) in [5.41, 5.74) is 5.55. The van der Waals surface area contributed by atoms with Crippen molar-refractivity contribution in [2.24, 2.45) is 0 Å². The van der Waals surface area contributed by atoms with Crippen LogP contribution in [0.1, 0.15) is 26.7 Å². The van der Waals surface area contributed by atoms with Gasteiger partial charge in [0.15, 0.2) is 0 Å². The van der Waals surface area contributed by atoms with Crippen molar-refractivity contribution in [2.45, 2.75) is 32.7 Å². The largest absolute Gasteiger partial charge is 0.481 e. The van der Waals surface area contributed by atoms with Crippen molar-refractivity contribution in [1.29, 1.82) is 0 Å². The molecular weight excluding hydrogens is 192 g/mol. The van der Waals surface area contributed by atoms with Crippen molar-refractivity contribution in [1.82, 2.24) is 9.97 Å². The summed E-state index contributed by atoms with van der Waals surface area (Å²) in [6.07, 6.45) is 2.09. The molecule has 0 aliphatic rings. The van der Waals surface area contributed by atoms with Crippen LogP contribution in [0.2, 0.25) is 0 Å². The van der Waals surface area contributed by atoms with E-state index in [9.17, 15) is 0 Å². The number of ether oxygens (including phenoxy) is 1. The van der Waals surface area contributed by atoms with Crippen molar-refractivity contribution < 1.29 is 4.74 Å². The lowest BCUT2D eigenvalue weighted by atomic mass is 10.2. The number of methoxy groups -OCH3 is 1. The minimum absolute atomic E-state index is 0.225. The first-order valence-electron chi connectivity index (χ1n) is 5.14. The average molecular weight is 210 g/mol. The molecule has 0 spiro atoms. The van der Waals surface area contributed by atoms with E-state index in [0.717, 1.165) is 12.8 Å². The van der Waals surface area contributed by atoms with Gasteiger partial charge < -0.3 is 15.8 Å². The maximum atomic E-state index is 5.55. The van der Waals surface area contributed by atoms with Crippen LogP contribution < -0.4 is 15.8 Å². The summed E-state index contributed by atoms with van der Waals surface area (Å²) in [5, 5.41) is 3.28. The summed E-state index contributed by atoms with van der Waals surface area (Å²) in [5.74, 6) is 1.42. The van der Waals surface area contributed by atoms with E-state index < -0.39 is 0 Å². The quantitative estimate of drug-likeness (QED) is 0.773. The molecule has 0 atom stereocenters. The molecule has 15 heavy (non-hydrogen) atoms. The Morgan fingerprint density at radius 1 is 1.40 bits per heavy atom. The summed E-state index contributed by atoms with van der Waals surface area (Å²) < 4.78 is 5.01. The van der Waals surface area contributed by atoms with Crippen LogP contribution in [0.25, 0.3) is 0 Å². The lowest BCUT2D eigenvalue weighted by Gasteiger charge is -2.15. The van der Waals surface area contributed by atoms with Crippen LogP contribution in [0, 0.1) is 0 Å². The van der Waals surface area contributed by atoms with E-state index in [1.54, 1.807) is 13.2 Å². The number of rotatable bonds is 5. The van der Waals surface area contributed by atoms with E-state index in [1.165, 1.54) is 0 Å². The van der Waals surface area contributed by atoms with Gasteiger partial charge in [-0.25, -0.2) is 0 Å². The van der Waals surface area contributed by atoms with Crippen LogP contribution in [0.5, 0.6) is 5.88 Å². The molecule has 0 aliphatic carbocycles. The number of anilines is 2. The molecule has 5 heteroatoms. The Hall–Kier alpha value is -1.52. The Bertz CT molecular complexity index is 312. The highest BCUT2D eigenvalue weighted by Gasteiger charge is 2.06. The number of nitrogens with zero attached hydrogens (tertiary/aromatic N) is 2. The molecular formula is C10H18N4O. The van der Waals surface area contributed by atoms with Gasteiger partial charge in [0, 0.05) is 12.1 Å². The second kappa shape index (κ2) is 5.38. The minimum atomic E-state index is 0.225. The van der Waals surface area contributed by atoms with Crippen molar-refractivity contribution in [2.75, 3.05) is 18.2 Å². The summed E-state index contributed by atoms with van der Waals surface area (Å²) in [7, 11) is 1.56. The second-order valence-corrected chi connectivity index (χ2v) is 3.31. The van der Waals surface area contributed by atoms with Crippen LogP contribution in [-0.4, -0.2) is 23.1 Å². The molecule has 0 saturated carbocycles. The maximum absolute atomic E-state index is 5.55. The monoisotopic (exact) mass is 210 g/mol. The molecule has 0 aromatic carbocycles. The lowest BCUT2D eigenvalue weighted by molar-refractivity contribution is 0.398. The molecule has 0 unspecified atom stereocenters. The Labute approximate surface area is 90.1 Å². The van der Waals surface area contributed by atoms with Crippen LogP contribution in [0.15, 0.2) is 6.07 Å². The molecule has 0 bridgehead atoms. The van der Waals surface area contributed by atoms with Crippen LogP contribution in [0.4, 0.5) is 11.8 Å². The molecule has 1 aromatic heterocycles. The molecule has 5 nitrogen and oxygen atoms in total. The van der Waals surface area contributed by atoms with Gasteiger partial charge in [-0.1, -0.05) is 13.8 Å². The average Bonchev–Trinajstić information content (AvgIpc) is 2.25. The third-order valence-electron chi connectivity index (χ3n) is 2.27. The highest BCUT2D eigenvalue weighted by molar-refractivity contribution is 5.43. The molecule has 0 radical (unpaired) electrons. The first-order chi connectivity index (χ1) is 7.19. The van der Waals surface area contributed by atoms with E-state index in [-0.39, 0.29) is 5.95 Å². The van der Waals surface area contributed by atoms with Gasteiger partial charge in [-0.05, 0) is 12.8 Å². The second-order valence-electron chi connectivity index (χ2n) is 3.31. The van der Waals surface area contributed by atoms with E-state index in [0.29, 0.717) is 17.7 Å².